The Morgan fingerprint density at radius 1 is 1.33 bits per heavy atom. The van der Waals surface area contributed by atoms with Crippen LogP contribution in [0, 0.1) is 0 Å². The zero-order valence-corrected chi connectivity index (χ0v) is 8.42. The van der Waals surface area contributed by atoms with E-state index in [4.69, 9.17) is 4.74 Å². The minimum absolute atomic E-state index is 0.609. The molecule has 0 N–H and O–H groups in total. The van der Waals surface area contributed by atoms with Crippen LogP contribution in [0.1, 0.15) is 12.0 Å². The SMILES string of the molecule is COCCC1=NN=C(c2cccnc2)[N]1. The van der Waals surface area contributed by atoms with Gasteiger partial charge in [-0.1, -0.05) is 0 Å². The van der Waals surface area contributed by atoms with Crippen molar-refractivity contribution in [2.75, 3.05) is 13.7 Å². The van der Waals surface area contributed by atoms with Crippen LogP contribution in [0.25, 0.3) is 0 Å². The van der Waals surface area contributed by atoms with E-state index in [2.05, 4.69) is 20.5 Å². The second kappa shape index (κ2) is 4.65. The van der Waals surface area contributed by atoms with Gasteiger partial charge < -0.3 is 4.74 Å². The second-order valence-corrected chi connectivity index (χ2v) is 3.04. The Morgan fingerprint density at radius 3 is 3.00 bits per heavy atom. The molecule has 1 aromatic heterocycles. The van der Waals surface area contributed by atoms with Crippen LogP contribution in [0.15, 0.2) is 34.7 Å². The van der Waals surface area contributed by atoms with Crippen molar-refractivity contribution in [3.8, 4) is 0 Å². The first-order valence-electron chi connectivity index (χ1n) is 4.66. The maximum atomic E-state index is 4.94. The van der Waals surface area contributed by atoms with Crippen molar-refractivity contribution in [1.82, 2.24) is 10.3 Å². The molecule has 0 bridgehead atoms. The normalized spacial score (nSPS) is 14.5. The van der Waals surface area contributed by atoms with Crippen molar-refractivity contribution in [3.63, 3.8) is 0 Å². The number of hydrogen-bond acceptors (Lipinski definition) is 4. The summed E-state index contributed by atoms with van der Waals surface area (Å²) in [7, 11) is 1.65. The van der Waals surface area contributed by atoms with E-state index in [1.165, 1.54) is 0 Å². The van der Waals surface area contributed by atoms with Gasteiger partial charge in [0.15, 0.2) is 11.7 Å². The summed E-state index contributed by atoms with van der Waals surface area (Å²) in [5, 5.41) is 12.2. The topological polar surface area (TPSA) is 60.9 Å². The molecule has 1 radical (unpaired) electrons. The van der Waals surface area contributed by atoms with Gasteiger partial charge in [-0.2, -0.15) is 0 Å². The number of hydrogen-bond donors (Lipinski definition) is 0. The number of amidine groups is 2. The Kier molecular flexibility index (Phi) is 3.04. The molecular formula is C10H11N4O. The first kappa shape index (κ1) is 9.79. The van der Waals surface area contributed by atoms with Crippen LogP contribution < -0.4 is 5.32 Å². The van der Waals surface area contributed by atoms with E-state index in [-0.39, 0.29) is 0 Å². The molecule has 5 nitrogen and oxygen atoms in total. The average molecular weight is 203 g/mol. The predicted octanol–water partition coefficient (Wildman–Crippen LogP) is 0.796. The molecule has 77 valence electrons. The van der Waals surface area contributed by atoms with Crippen molar-refractivity contribution in [2.24, 2.45) is 10.2 Å². The maximum Gasteiger partial charge on any atom is 0.185 e. The second-order valence-electron chi connectivity index (χ2n) is 3.04. The molecule has 0 spiro atoms. The summed E-state index contributed by atoms with van der Waals surface area (Å²) in [6.45, 7) is 0.609. The summed E-state index contributed by atoms with van der Waals surface area (Å²) < 4.78 is 4.94. The van der Waals surface area contributed by atoms with E-state index in [9.17, 15) is 0 Å². The minimum Gasteiger partial charge on any atom is -0.384 e. The number of methoxy groups -OCH3 is 1. The van der Waals surface area contributed by atoms with Gasteiger partial charge in [0.05, 0.1) is 6.61 Å². The highest BCUT2D eigenvalue weighted by molar-refractivity contribution is 6.11. The van der Waals surface area contributed by atoms with Gasteiger partial charge in [0.2, 0.25) is 0 Å². The third kappa shape index (κ3) is 2.38. The van der Waals surface area contributed by atoms with Crippen molar-refractivity contribution < 1.29 is 4.74 Å². The zero-order chi connectivity index (χ0) is 10.5. The van der Waals surface area contributed by atoms with Crippen molar-refractivity contribution >= 4 is 11.7 Å². The van der Waals surface area contributed by atoms with Crippen molar-refractivity contribution in [3.05, 3.63) is 30.1 Å². The van der Waals surface area contributed by atoms with Crippen molar-refractivity contribution in [2.45, 2.75) is 6.42 Å². The Bertz CT molecular complexity index is 386. The third-order valence-corrected chi connectivity index (χ3v) is 1.94. The number of nitrogens with zero attached hydrogens (tertiary/aromatic N) is 4. The number of rotatable bonds is 4. The van der Waals surface area contributed by atoms with Gasteiger partial charge in [-0.05, 0) is 12.1 Å². The van der Waals surface area contributed by atoms with E-state index in [0.29, 0.717) is 24.7 Å². The molecular weight excluding hydrogens is 192 g/mol. The van der Waals surface area contributed by atoms with Gasteiger partial charge in [0.1, 0.15) is 0 Å². The summed E-state index contributed by atoms with van der Waals surface area (Å²) in [5.41, 5.74) is 0.883. The van der Waals surface area contributed by atoms with Gasteiger partial charge >= 0.3 is 0 Å². The maximum absolute atomic E-state index is 4.94. The summed E-state index contributed by atoms with van der Waals surface area (Å²) in [6.07, 6.45) is 4.12. The zero-order valence-electron chi connectivity index (χ0n) is 8.42. The average Bonchev–Trinajstić information content (AvgIpc) is 2.76. The molecule has 0 aromatic carbocycles. The van der Waals surface area contributed by atoms with Gasteiger partial charge in [-0.15, -0.1) is 10.2 Å². The summed E-state index contributed by atoms with van der Waals surface area (Å²) in [4.78, 5) is 4.00. The van der Waals surface area contributed by atoms with Crippen LogP contribution in [0.2, 0.25) is 0 Å². The molecule has 0 aliphatic carbocycles. The Labute approximate surface area is 87.9 Å². The predicted molar refractivity (Wildman–Crippen MR) is 56.8 cm³/mol. The van der Waals surface area contributed by atoms with E-state index in [1.807, 2.05) is 12.1 Å². The lowest BCUT2D eigenvalue weighted by atomic mass is 10.2. The van der Waals surface area contributed by atoms with Crippen LogP contribution in [0.4, 0.5) is 0 Å². The Hall–Kier alpha value is -1.75. The van der Waals surface area contributed by atoms with E-state index in [1.54, 1.807) is 19.5 Å². The number of ether oxygens (including phenoxy) is 1. The highest BCUT2D eigenvalue weighted by Crippen LogP contribution is 2.05. The molecule has 0 saturated heterocycles. The molecule has 0 amide bonds. The van der Waals surface area contributed by atoms with Gasteiger partial charge in [0.25, 0.3) is 0 Å². The lowest BCUT2D eigenvalue weighted by molar-refractivity contribution is 0.207. The van der Waals surface area contributed by atoms with E-state index >= 15 is 0 Å². The van der Waals surface area contributed by atoms with Crippen LogP contribution in [-0.4, -0.2) is 30.4 Å². The molecule has 1 aliphatic heterocycles. The fraction of sp³-hybridized carbons (Fsp3) is 0.300. The minimum atomic E-state index is 0.609. The first-order chi connectivity index (χ1) is 7.40. The van der Waals surface area contributed by atoms with Crippen molar-refractivity contribution in [1.29, 1.82) is 0 Å². The molecule has 5 heteroatoms. The standard InChI is InChI=1S/C10H11N4O/c1-15-6-4-9-12-10(14-13-9)8-3-2-5-11-7-8/h2-3,5,7H,4,6H2,1H3. The molecule has 0 unspecified atom stereocenters. The van der Waals surface area contributed by atoms with Gasteiger partial charge in [-0.25, -0.2) is 5.32 Å². The lowest BCUT2D eigenvalue weighted by Crippen LogP contribution is -2.20. The summed E-state index contributed by atoms with van der Waals surface area (Å²) in [6, 6.07) is 3.75. The summed E-state index contributed by atoms with van der Waals surface area (Å²) in [5.74, 6) is 1.32. The van der Waals surface area contributed by atoms with E-state index in [0.717, 1.165) is 5.56 Å². The monoisotopic (exact) mass is 203 g/mol. The Morgan fingerprint density at radius 2 is 2.27 bits per heavy atom. The highest BCUT2D eigenvalue weighted by Gasteiger charge is 2.14. The lowest BCUT2D eigenvalue weighted by Gasteiger charge is -2.00. The third-order valence-electron chi connectivity index (χ3n) is 1.94. The number of aromatic nitrogens is 1. The largest absolute Gasteiger partial charge is 0.384 e. The number of pyridine rings is 1. The highest BCUT2D eigenvalue weighted by atomic mass is 16.5. The quantitative estimate of drug-likeness (QED) is 0.726. The van der Waals surface area contributed by atoms with Crippen LogP contribution >= 0.6 is 0 Å². The van der Waals surface area contributed by atoms with Gasteiger partial charge in [0, 0.05) is 31.5 Å². The van der Waals surface area contributed by atoms with Crippen LogP contribution in [0.3, 0.4) is 0 Å². The van der Waals surface area contributed by atoms with Crippen LogP contribution in [-0.2, 0) is 4.74 Å². The molecule has 2 heterocycles. The van der Waals surface area contributed by atoms with Crippen LogP contribution in [0.5, 0.6) is 0 Å². The molecule has 2 rings (SSSR count). The molecule has 1 aliphatic rings. The van der Waals surface area contributed by atoms with Gasteiger partial charge in [-0.3, -0.25) is 4.98 Å². The molecule has 1 aromatic rings. The Balaban J connectivity index is 1.96. The van der Waals surface area contributed by atoms with E-state index < -0.39 is 0 Å². The fourth-order valence-electron chi connectivity index (χ4n) is 1.19. The summed E-state index contributed by atoms with van der Waals surface area (Å²) >= 11 is 0. The fourth-order valence-corrected chi connectivity index (χ4v) is 1.19. The molecule has 0 atom stereocenters. The molecule has 0 saturated carbocycles. The molecule has 0 fully saturated rings. The smallest absolute Gasteiger partial charge is 0.185 e. The first-order valence-corrected chi connectivity index (χ1v) is 4.66. The molecule has 15 heavy (non-hydrogen) atoms.